The van der Waals surface area contributed by atoms with E-state index in [1.165, 1.54) is 18.4 Å². The molecule has 132 valence electrons. The Morgan fingerprint density at radius 1 is 1.21 bits per heavy atom. The van der Waals surface area contributed by atoms with Crippen molar-refractivity contribution in [2.75, 3.05) is 7.05 Å². The van der Waals surface area contributed by atoms with Crippen LogP contribution in [0.3, 0.4) is 0 Å². The Labute approximate surface area is 153 Å². The first-order chi connectivity index (χ1) is 11.0. The molecule has 0 aliphatic rings. The van der Waals surface area contributed by atoms with Crippen LogP contribution in [-0.4, -0.2) is 24.5 Å². The molecular formula is C14H16F3IN4O2. The number of alkyl halides is 3. The van der Waals surface area contributed by atoms with Gasteiger partial charge in [-0.15, -0.1) is 37.1 Å². The fourth-order valence-electron chi connectivity index (χ4n) is 1.78. The number of benzene rings is 1. The summed E-state index contributed by atoms with van der Waals surface area (Å²) in [5, 5.41) is 9.60. The minimum absolute atomic E-state index is 0. The molecule has 6 nitrogen and oxygen atoms in total. The minimum Gasteiger partial charge on any atom is -0.405 e. The molecule has 0 unspecified atom stereocenters. The monoisotopic (exact) mass is 456 g/mol. The van der Waals surface area contributed by atoms with Gasteiger partial charge in [0.1, 0.15) is 17.7 Å². The van der Waals surface area contributed by atoms with E-state index in [0.29, 0.717) is 23.8 Å². The number of aromatic nitrogens is 1. The lowest BCUT2D eigenvalue weighted by atomic mass is 10.2. The van der Waals surface area contributed by atoms with Gasteiger partial charge in [0.15, 0.2) is 5.96 Å². The van der Waals surface area contributed by atoms with E-state index in [1.54, 1.807) is 25.2 Å². The van der Waals surface area contributed by atoms with Gasteiger partial charge >= 0.3 is 6.36 Å². The van der Waals surface area contributed by atoms with E-state index >= 15 is 0 Å². The lowest BCUT2D eigenvalue weighted by molar-refractivity contribution is -0.274. The molecule has 1 aromatic carbocycles. The van der Waals surface area contributed by atoms with Gasteiger partial charge in [0, 0.05) is 25.2 Å². The zero-order valence-electron chi connectivity index (χ0n) is 12.6. The first-order valence-electron chi connectivity index (χ1n) is 6.65. The van der Waals surface area contributed by atoms with Crippen LogP contribution in [0.25, 0.3) is 0 Å². The molecule has 0 bridgehead atoms. The van der Waals surface area contributed by atoms with Crippen LogP contribution in [0.2, 0.25) is 0 Å². The van der Waals surface area contributed by atoms with Crippen LogP contribution in [0, 0.1) is 0 Å². The zero-order valence-corrected chi connectivity index (χ0v) is 15.0. The van der Waals surface area contributed by atoms with Crippen LogP contribution in [0.15, 0.2) is 46.1 Å². The third kappa shape index (κ3) is 6.64. The quantitative estimate of drug-likeness (QED) is 0.411. The number of rotatable bonds is 5. The van der Waals surface area contributed by atoms with Crippen LogP contribution in [-0.2, 0) is 13.1 Å². The maximum absolute atomic E-state index is 12.4. The summed E-state index contributed by atoms with van der Waals surface area (Å²) in [4.78, 5) is 3.98. The van der Waals surface area contributed by atoms with Crippen LogP contribution < -0.4 is 15.4 Å². The molecule has 0 amide bonds. The van der Waals surface area contributed by atoms with Crippen molar-refractivity contribution in [2.45, 2.75) is 19.5 Å². The normalized spacial score (nSPS) is 11.6. The van der Waals surface area contributed by atoms with Gasteiger partial charge in [-0.2, -0.15) is 0 Å². The highest BCUT2D eigenvalue weighted by atomic mass is 127. The van der Waals surface area contributed by atoms with Crippen molar-refractivity contribution in [1.29, 1.82) is 0 Å². The van der Waals surface area contributed by atoms with E-state index in [2.05, 4.69) is 25.5 Å². The molecule has 0 aliphatic heterocycles. The van der Waals surface area contributed by atoms with Crippen molar-refractivity contribution in [3.8, 4) is 5.75 Å². The van der Waals surface area contributed by atoms with E-state index in [4.69, 9.17) is 4.52 Å². The summed E-state index contributed by atoms with van der Waals surface area (Å²) >= 11 is 0. The number of aliphatic imine (C=N–C) groups is 1. The van der Waals surface area contributed by atoms with E-state index < -0.39 is 6.36 Å². The number of guanidine groups is 1. The average molecular weight is 456 g/mol. The van der Waals surface area contributed by atoms with Crippen molar-refractivity contribution < 1.29 is 22.4 Å². The maximum Gasteiger partial charge on any atom is 0.573 e. The Morgan fingerprint density at radius 3 is 2.54 bits per heavy atom. The molecule has 0 spiro atoms. The average Bonchev–Trinajstić information content (AvgIpc) is 3.01. The first kappa shape index (κ1) is 20.1. The van der Waals surface area contributed by atoms with Crippen LogP contribution in [0.4, 0.5) is 13.2 Å². The van der Waals surface area contributed by atoms with Gasteiger partial charge in [0.05, 0.1) is 6.54 Å². The van der Waals surface area contributed by atoms with Crippen molar-refractivity contribution in [3.63, 3.8) is 0 Å². The Bertz CT molecular complexity index is 648. The fraction of sp³-hybridized carbons (Fsp3) is 0.286. The summed E-state index contributed by atoms with van der Waals surface area (Å²) in [5.74, 6) is 0.161. The predicted molar refractivity (Wildman–Crippen MR) is 92.1 cm³/mol. The van der Waals surface area contributed by atoms with Gasteiger partial charge in [-0.25, -0.2) is 0 Å². The molecule has 2 rings (SSSR count). The standard InChI is InChI=1S/C14H15F3N4O2.HI/c1-18-13(20-9-11-6-7-22-21-11)19-8-10-4-2-3-5-12(10)23-14(15,16)17;/h2-7H,8-9H2,1H3,(H2,18,19,20);1H. The number of para-hydroxylation sites is 1. The molecule has 2 aromatic rings. The van der Waals surface area contributed by atoms with E-state index in [1.807, 2.05) is 0 Å². The SMILES string of the molecule is CN=C(NCc1ccon1)NCc1ccccc1OC(F)(F)F.I. The molecular weight excluding hydrogens is 440 g/mol. The molecule has 0 radical (unpaired) electrons. The van der Waals surface area contributed by atoms with Crippen LogP contribution >= 0.6 is 24.0 Å². The Kier molecular flexibility index (Phi) is 7.82. The minimum atomic E-state index is -4.73. The smallest absolute Gasteiger partial charge is 0.405 e. The van der Waals surface area contributed by atoms with E-state index in [0.717, 1.165) is 0 Å². The third-order valence-electron chi connectivity index (χ3n) is 2.80. The Morgan fingerprint density at radius 2 is 1.92 bits per heavy atom. The molecule has 0 saturated heterocycles. The molecule has 1 aromatic heterocycles. The largest absolute Gasteiger partial charge is 0.573 e. The van der Waals surface area contributed by atoms with Crippen molar-refractivity contribution >= 4 is 29.9 Å². The van der Waals surface area contributed by atoms with Gasteiger partial charge in [-0.05, 0) is 6.07 Å². The third-order valence-corrected chi connectivity index (χ3v) is 2.80. The number of ether oxygens (including phenoxy) is 1. The van der Waals surface area contributed by atoms with Crippen LogP contribution in [0.5, 0.6) is 5.75 Å². The second kappa shape index (κ2) is 9.35. The van der Waals surface area contributed by atoms with Gasteiger partial charge in [-0.1, -0.05) is 23.4 Å². The summed E-state index contributed by atoms with van der Waals surface area (Å²) in [6.45, 7) is 0.488. The highest BCUT2D eigenvalue weighted by Crippen LogP contribution is 2.25. The summed E-state index contributed by atoms with van der Waals surface area (Å²) in [6.07, 6.45) is -3.29. The van der Waals surface area contributed by atoms with Gasteiger partial charge in [-0.3, -0.25) is 4.99 Å². The second-order valence-corrected chi connectivity index (χ2v) is 4.43. The van der Waals surface area contributed by atoms with E-state index in [9.17, 15) is 13.2 Å². The van der Waals surface area contributed by atoms with Crippen molar-refractivity contribution in [2.24, 2.45) is 4.99 Å². The molecule has 0 atom stereocenters. The van der Waals surface area contributed by atoms with Gasteiger partial charge < -0.3 is 19.9 Å². The number of halogens is 4. The number of hydrogen-bond acceptors (Lipinski definition) is 4. The maximum atomic E-state index is 12.4. The second-order valence-electron chi connectivity index (χ2n) is 4.43. The first-order valence-corrected chi connectivity index (χ1v) is 6.65. The lowest BCUT2D eigenvalue weighted by Crippen LogP contribution is -2.36. The van der Waals surface area contributed by atoms with E-state index in [-0.39, 0.29) is 36.3 Å². The number of nitrogens with zero attached hydrogens (tertiary/aromatic N) is 2. The number of nitrogens with one attached hydrogen (secondary N) is 2. The molecule has 10 heteroatoms. The van der Waals surface area contributed by atoms with Gasteiger partial charge in [0.25, 0.3) is 0 Å². The molecule has 2 N–H and O–H groups in total. The van der Waals surface area contributed by atoms with Crippen molar-refractivity contribution in [1.82, 2.24) is 15.8 Å². The Balaban J connectivity index is 0.00000288. The number of hydrogen-bond donors (Lipinski definition) is 2. The molecule has 1 heterocycles. The van der Waals surface area contributed by atoms with Crippen LogP contribution in [0.1, 0.15) is 11.3 Å². The van der Waals surface area contributed by atoms with Gasteiger partial charge in [0.2, 0.25) is 0 Å². The summed E-state index contributed by atoms with van der Waals surface area (Å²) in [6, 6.07) is 7.59. The Hall–Kier alpha value is -1.98. The highest BCUT2D eigenvalue weighted by molar-refractivity contribution is 14.0. The highest BCUT2D eigenvalue weighted by Gasteiger charge is 2.31. The summed E-state index contributed by atoms with van der Waals surface area (Å²) < 4.78 is 45.8. The fourth-order valence-corrected chi connectivity index (χ4v) is 1.78. The summed E-state index contributed by atoms with van der Waals surface area (Å²) in [7, 11) is 1.55. The zero-order chi connectivity index (χ0) is 16.7. The topological polar surface area (TPSA) is 71.7 Å². The molecule has 0 aliphatic carbocycles. The molecule has 0 fully saturated rings. The lowest BCUT2D eigenvalue weighted by Gasteiger charge is -2.15. The van der Waals surface area contributed by atoms with Crippen molar-refractivity contribution in [3.05, 3.63) is 47.9 Å². The molecule has 0 saturated carbocycles. The molecule has 24 heavy (non-hydrogen) atoms. The summed E-state index contributed by atoms with van der Waals surface area (Å²) in [5.41, 5.74) is 1.03. The predicted octanol–water partition coefficient (Wildman–Crippen LogP) is 3.06.